The van der Waals surface area contributed by atoms with E-state index >= 15 is 0 Å². The first-order chi connectivity index (χ1) is 12.2. The van der Waals surface area contributed by atoms with Gasteiger partial charge in [0.05, 0.1) is 11.1 Å². The van der Waals surface area contributed by atoms with Gasteiger partial charge >= 0.3 is 0 Å². The first-order valence-corrected chi connectivity index (χ1v) is 9.71. The highest BCUT2D eigenvalue weighted by molar-refractivity contribution is 7.09. The lowest BCUT2D eigenvalue weighted by atomic mass is 10.2. The summed E-state index contributed by atoms with van der Waals surface area (Å²) in [5.41, 5.74) is 1.73. The van der Waals surface area contributed by atoms with Crippen molar-refractivity contribution in [1.29, 1.82) is 0 Å². The number of hydrogen-bond acceptors (Lipinski definition) is 5. The van der Waals surface area contributed by atoms with Crippen molar-refractivity contribution >= 4 is 17.2 Å². The molecule has 1 fully saturated rings. The number of amides is 1. The molecule has 1 saturated heterocycles. The smallest absolute Gasteiger partial charge is 0.273 e. The molecule has 2 heterocycles. The minimum absolute atomic E-state index is 0.0702. The van der Waals surface area contributed by atoms with E-state index in [1.807, 2.05) is 23.6 Å². The molecular weight excluding hydrogens is 334 g/mol. The fourth-order valence-electron chi connectivity index (χ4n) is 3.12. The summed E-state index contributed by atoms with van der Waals surface area (Å²) >= 11 is 1.54. The molecule has 1 amide bonds. The first kappa shape index (κ1) is 18.0. The van der Waals surface area contributed by atoms with Crippen LogP contribution in [0.25, 0.3) is 0 Å². The van der Waals surface area contributed by atoms with E-state index in [-0.39, 0.29) is 5.91 Å². The van der Waals surface area contributed by atoms with E-state index < -0.39 is 6.10 Å². The Hall–Kier alpha value is -1.76. The predicted molar refractivity (Wildman–Crippen MR) is 99.7 cm³/mol. The van der Waals surface area contributed by atoms with Crippen LogP contribution in [0.1, 0.15) is 34.4 Å². The Morgan fingerprint density at radius 2 is 2.08 bits per heavy atom. The quantitative estimate of drug-likeness (QED) is 0.891. The van der Waals surface area contributed by atoms with E-state index in [2.05, 4.69) is 28.9 Å². The van der Waals surface area contributed by atoms with Gasteiger partial charge in [0, 0.05) is 38.1 Å². The Kier molecular flexibility index (Phi) is 6.18. The molecule has 0 radical (unpaired) electrons. The zero-order valence-corrected chi connectivity index (χ0v) is 15.4. The lowest BCUT2D eigenvalue weighted by Gasteiger charge is -2.21. The number of hydrogen-bond donors (Lipinski definition) is 1. The highest BCUT2D eigenvalue weighted by Gasteiger charge is 2.26. The van der Waals surface area contributed by atoms with Gasteiger partial charge in [-0.25, -0.2) is 4.98 Å². The maximum atomic E-state index is 12.7. The van der Waals surface area contributed by atoms with Crippen molar-refractivity contribution in [3.63, 3.8) is 0 Å². The number of thiazole rings is 1. The van der Waals surface area contributed by atoms with Crippen LogP contribution in [0.2, 0.25) is 0 Å². The Morgan fingerprint density at radius 3 is 2.84 bits per heavy atom. The molecule has 3 rings (SSSR count). The van der Waals surface area contributed by atoms with Crippen molar-refractivity contribution in [2.75, 3.05) is 26.2 Å². The Labute approximate surface area is 152 Å². The normalized spacial score (nSPS) is 19.0. The summed E-state index contributed by atoms with van der Waals surface area (Å²) in [6, 6.07) is 10.2. The molecule has 0 unspecified atom stereocenters. The van der Waals surface area contributed by atoms with Crippen LogP contribution in [0.3, 0.4) is 0 Å². The molecule has 1 aliphatic rings. The third-order valence-corrected chi connectivity index (χ3v) is 5.27. The fraction of sp³-hybridized carbons (Fsp3) is 0.474. The van der Waals surface area contributed by atoms with Crippen LogP contribution in [-0.2, 0) is 13.0 Å². The van der Waals surface area contributed by atoms with Crippen molar-refractivity contribution in [3.05, 3.63) is 52.0 Å². The fourth-order valence-corrected chi connectivity index (χ4v) is 4.00. The molecule has 6 heteroatoms. The first-order valence-electron chi connectivity index (χ1n) is 8.83. The number of aromatic nitrogens is 1. The van der Waals surface area contributed by atoms with E-state index in [9.17, 15) is 9.90 Å². The topological polar surface area (TPSA) is 56.7 Å². The number of β-amino-alcohol motifs (C(OH)–C–C–N with tert-alkyl or cyclic N) is 1. The molecule has 1 N–H and O–H groups in total. The molecular formula is C19H25N3O2S. The van der Waals surface area contributed by atoms with Gasteiger partial charge in [0.2, 0.25) is 0 Å². The zero-order chi connectivity index (χ0) is 17.6. The molecule has 1 aliphatic heterocycles. The SMILES string of the molecule is CCCc1nc(C(=O)N2CCN(Cc3ccccc3)C[C@@H](O)C2)cs1. The second-order valence-electron chi connectivity index (χ2n) is 6.50. The summed E-state index contributed by atoms with van der Waals surface area (Å²) in [5, 5.41) is 13.2. The Morgan fingerprint density at radius 1 is 1.28 bits per heavy atom. The van der Waals surface area contributed by atoms with Crippen molar-refractivity contribution in [2.24, 2.45) is 0 Å². The second kappa shape index (κ2) is 8.56. The molecule has 1 aromatic heterocycles. The third-order valence-electron chi connectivity index (χ3n) is 4.36. The summed E-state index contributed by atoms with van der Waals surface area (Å²) in [4.78, 5) is 21.1. The van der Waals surface area contributed by atoms with Crippen LogP contribution in [0.15, 0.2) is 35.7 Å². The molecule has 0 aliphatic carbocycles. The maximum absolute atomic E-state index is 12.7. The van der Waals surface area contributed by atoms with Gasteiger partial charge in [-0.05, 0) is 18.4 Å². The molecule has 2 aromatic rings. The van der Waals surface area contributed by atoms with Crippen molar-refractivity contribution in [2.45, 2.75) is 32.4 Å². The molecule has 1 atom stereocenters. The lowest BCUT2D eigenvalue weighted by Crippen LogP contribution is -2.37. The van der Waals surface area contributed by atoms with E-state index in [1.54, 1.807) is 16.2 Å². The molecule has 0 bridgehead atoms. The van der Waals surface area contributed by atoms with Crippen LogP contribution in [0.5, 0.6) is 0 Å². The average molecular weight is 359 g/mol. The number of aliphatic hydroxyl groups excluding tert-OH is 1. The minimum atomic E-state index is -0.538. The highest BCUT2D eigenvalue weighted by atomic mass is 32.1. The van der Waals surface area contributed by atoms with Gasteiger partial charge in [-0.2, -0.15) is 0 Å². The van der Waals surface area contributed by atoms with Gasteiger partial charge in [0.25, 0.3) is 5.91 Å². The molecule has 25 heavy (non-hydrogen) atoms. The van der Waals surface area contributed by atoms with E-state index in [1.165, 1.54) is 5.56 Å². The number of benzene rings is 1. The number of aryl methyl sites for hydroxylation is 1. The predicted octanol–water partition coefficient (Wildman–Crippen LogP) is 2.41. The van der Waals surface area contributed by atoms with E-state index in [4.69, 9.17) is 0 Å². The molecule has 5 nitrogen and oxygen atoms in total. The summed E-state index contributed by atoms with van der Waals surface area (Å²) in [6.07, 6.45) is 1.40. The van der Waals surface area contributed by atoms with Gasteiger partial charge < -0.3 is 10.0 Å². The van der Waals surface area contributed by atoms with Crippen LogP contribution in [0, 0.1) is 0 Å². The molecule has 0 spiro atoms. The van der Waals surface area contributed by atoms with Crippen molar-refractivity contribution in [3.8, 4) is 0 Å². The van der Waals surface area contributed by atoms with Gasteiger partial charge in [0.15, 0.2) is 0 Å². The largest absolute Gasteiger partial charge is 0.390 e. The van der Waals surface area contributed by atoms with Crippen LogP contribution in [-0.4, -0.2) is 58.1 Å². The van der Waals surface area contributed by atoms with Crippen LogP contribution < -0.4 is 0 Å². The van der Waals surface area contributed by atoms with Gasteiger partial charge in [0.1, 0.15) is 5.69 Å². The highest BCUT2D eigenvalue weighted by Crippen LogP contribution is 2.16. The number of carbonyl (C=O) groups is 1. The second-order valence-corrected chi connectivity index (χ2v) is 7.44. The molecule has 134 valence electrons. The average Bonchev–Trinajstić information content (AvgIpc) is 2.99. The van der Waals surface area contributed by atoms with Crippen LogP contribution in [0.4, 0.5) is 0 Å². The monoisotopic (exact) mass is 359 g/mol. The van der Waals surface area contributed by atoms with Gasteiger partial charge in [-0.3, -0.25) is 9.69 Å². The van der Waals surface area contributed by atoms with Gasteiger partial charge in [-0.15, -0.1) is 11.3 Å². The van der Waals surface area contributed by atoms with E-state index in [0.29, 0.717) is 25.3 Å². The summed E-state index contributed by atoms with van der Waals surface area (Å²) < 4.78 is 0. The van der Waals surface area contributed by atoms with E-state index in [0.717, 1.165) is 30.9 Å². The molecule has 0 saturated carbocycles. The maximum Gasteiger partial charge on any atom is 0.273 e. The van der Waals surface area contributed by atoms with Gasteiger partial charge in [-0.1, -0.05) is 37.3 Å². The number of nitrogens with zero attached hydrogens (tertiary/aromatic N) is 3. The summed E-state index contributed by atoms with van der Waals surface area (Å²) in [6.45, 7) is 5.21. The minimum Gasteiger partial charge on any atom is -0.390 e. The molecule has 1 aromatic carbocycles. The standard InChI is InChI=1S/C19H25N3O2S/c1-2-6-18-20-17(14-25-18)19(24)22-10-9-21(12-16(23)13-22)11-15-7-4-3-5-8-15/h3-5,7-8,14,16,23H,2,6,9-13H2,1H3/t16-/m1/s1. The Bertz CT molecular complexity index is 689. The zero-order valence-electron chi connectivity index (χ0n) is 14.6. The number of aliphatic hydroxyl groups is 1. The lowest BCUT2D eigenvalue weighted by molar-refractivity contribution is 0.0658. The summed E-state index contributed by atoms with van der Waals surface area (Å²) in [7, 11) is 0. The number of carbonyl (C=O) groups excluding carboxylic acids is 1. The summed E-state index contributed by atoms with van der Waals surface area (Å²) in [5.74, 6) is -0.0702. The van der Waals surface area contributed by atoms with Crippen LogP contribution >= 0.6 is 11.3 Å². The van der Waals surface area contributed by atoms with Crippen molar-refractivity contribution in [1.82, 2.24) is 14.8 Å². The third kappa shape index (κ3) is 4.87. The van der Waals surface area contributed by atoms with Crippen molar-refractivity contribution < 1.29 is 9.90 Å². The Balaban J connectivity index is 1.62. The number of rotatable bonds is 5.